The van der Waals surface area contributed by atoms with Gasteiger partial charge in [-0.25, -0.2) is 4.98 Å². The van der Waals surface area contributed by atoms with E-state index >= 15 is 0 Å². The molecule has 2 rings (SSSR count). The summed E-state index contributed by atoms with van der Waals surface area (Å²) in [4.78, 5) is 9.09. The number of halogens is 1. The van der Waals surface area contributed by atoms with Crippen molar-refractivity contribution in [1.82, 2.24) is 19.7 Å². The van der Waals surface area contributed by atoms with Crippen molar-refractivity contribution in [3.63, 3.8) is 0 Å². The molecule has 0 bridgehead atoms. The molecule has 0 amide bonds. The first-order valence-electron chi connectivity index (χ1n) is 8.18. The number of rotatable bonds is 8. The summed E-state index contributed by atoms with van der Waals surface area (Å²) in [7, 11) is 0. The maximum atomic E-state index is 6.49. The second-order valence-electron chi connectivity index (χ2n) is 6.67. The first-order chi connectivity index (χ1) is 11.8. The molecule has 2 heterocycles. The summed E-state index contributed by atoms with van der Waals surface area (Å²) in [5.74, 6) is 1.06. The molecule has 0 aliphatic heterocycles. The molecule has 2 aromatic rings. The van der Waals surface area contributed by atoms with Crippen LogP contribution < -0.4 is 10.6 Å². The van der Waals surface area contributed by atoms with Crippen LogP contribution in [-0.4, -0.2) is 26.3 Å². The van der Waals surface area contributed by atoms with E-state index in [1.165, 1.54) is 0 Å². The zero-order valence-electron chi connectivity index (χ0n) is 15.0. The second-order valence-corrected chi connectivity index (χ2v) is 7.05. The van der Waals surface area contributed by atoms with Gasteiger partial charge < -0.3 is 10.6 Å². The van der Waals surface area contributed by atoms with Crippen LogP contribution in [0.25, 0.3) is 0 Å². The monoisotopic (exact) mass is 360 g/mol. The lowest BCUT2D eigenvalue weighted by molar-refractivity contribution is 0.568. The average Bonchev–Trinajstić information content (AvgIpc) is 2.99. The summed E-state index contributed by atoms with van der Waals surface area (Å²) < 4.78 is 1.85. The Kier molecular flexibility index (Phi) is 6.20. The van der Waals surface area contributed by atoms with E-state index in [1.54, 1.807) is 12.3 Å². The van der Waals surface area contributed by atoms with Crippen molar-refractivity contribution in [3.05, 3.63) is 48.4 Å². The molecule has 25 heavy (non-hydrogen) atoms. The topological polar surface area (TPSA) is 67.7 Å². The van der Waals surface area contributed by atoms with Crippen LogP contribution in [0, 0.1) is 0 Å². The van der Waals surface area contributed by atoms with Gasteiger partial charge in [0.25, 0.3) is 0 Å². The predicted molar refractivity (Wildman–Crippen MR) is 105 cm³/mol. The molecule has 0 aromatic carbocycles. The molecule has 0 unspecified atom stereocenters. The van der Waals surface area contributed by atoms with E-state index in [-0.39, 0.29) is 5.41 Å². The SMILES string of the molecule is C=CCCn1cc(Nc2nc(NCC=C)c(Cl)c(C(C)(C)C)n2)cn1. The Morgan fingerprint density at radius 1 is 1.24 bits per heavy atom. The van der Waals surface area contributed by atoms with Crippen LogP contribution in [0.1, 0.15) is 32.9 Å². The number of nitrogens with zero attached hydrogens (tertiary/aromatic N) is 4. The molecule has 6 nitrogen and oxygen atoms in total. The molecule has 0 aliphatic carbocycles. The van der Waals surface area contributed by atoms with Crippen LogP contribution >= 0.6 is 11.6 Å². The molecule has 0 saturated carbocycles. The average molecular weight is 361 g/mol. The molecular formula is C18H25ClN6. The Hall–Kier alpha value is -2.34. The third-order valence-electron chi connectivity index (χ3n) is 3.43. The fraction of sp³-hybridized carbons (Fsp3) is 0.389. The van der Waals surface area contributed by atoms with E-state index in [1.807, 2.05) is 17.0 Å². The number of hydrogen-bond donors (Lipinski definition) is 2. The smallest absolute Gasteiger partial charge is 0.229 e. The highest BCUT2D eigenvalue weighted by atomic mass is 35.5. The normalized spacial score (nSPS) is 11.2. The maximum Gasteiger partial charge on any atom is 0.229 e. The molecule has 0 saturated heterocycles. The zero-order valence-corrected chi connectivity index (χ0v) is 15.8. The minimum absolute atomic E-state index is 0.213. The van der Waals surface area contributed by atoms with Crippen LogP contribution in [0.15, 0.2) is 37.7 Å². The lowest BCUT2D eigenvalue weighted by Crippen LogP contribution is -2.18. The largest absolute Gasteiger partial charge is 0.365 e. The fourth-order valence-corrected chi connectivity index (χ4v) is 2.62. The van der Waals surface area contributed by atoms with Crippen molar-refractivity contribution in [2.24, 2.45) is 0 Å². The third kappa shape index (κ3) is 5.06. The first kappa shape index (κ1) is 19.0. The Balaban J connectivity index is 2.31. The quantitative estimate of drug-likeness (QED) is 0.676. The molecule has 0 fully saturated rings. The summed E-state index contributed by atoms with van der Waals surface area (Å²) in [6.07, 6.45) is 8.14. The lowest BCUT2D eigenvalue weighted by atomic mass is 9.92. The fourth-order valence-electron chi connectivity index (χ4n) is 2.19. The highest BCUT2D eigenvalue weighted by Crippen LogP contribution is 2.33. The summed E-state index contributed by atoms with van der Waals surface area (Å²) in [5.41, 5.74) is 1.38. The van der Waals surface area contributed by atoms with Gasteiger partial charge in [0, 0.05) is 24.7 Å². The van der Waals surface area contributed by atoms with Crippen molar-refractivity contribution >= 4 is 29.1 Å². The number of aryl methyl sites for hydroxylation is 1. The van der Waals surface area contributed by atoms with Gasteiger partial charge in [-0.05, 0) is 6.42 Å². The molecule has 7 heteroatoms. The minimum Gasteiger partial charge on any atom is -0.365 e. The van der Waals surface area contributed by atoms with E-state index in [9.17, 15) is 0 Å². The Morgan fingerprint density at radius 3 is 2.64 bits per heavy atom. The first-order valence-corrected chi connectivity index (χ1v) is 8.56. The number of anilines is 3. The van der Waals surface area contributed by atoms with Crippen molar-refractivity contribution in [1.29, 1.82) is 0 Å². The standard InChI is InChI=1S/C18H25ClN6/c1-6-8-10-25-12-13(11-21-25)22-17-23-15(18(3,4)5)14(19)16(24-17)20-9-7-2/h6-7,11-12H,1-2,8-10H2,3-5H3,(H2,20,22,23,24). The summed E-state index contributed by atoms with van der Waals surface area (Å²) in [6, 6.07) is 0. The van der Waals surface area contributed by atoms with E-state index in [0.717, 1.165) is 24.3 Å². The van der Waals surface area contributed by atoms with Crippen LogP contribution in [-0.2, 0) is 12.0 Å². The summed E-state index contributed by atoms with van der Waals surface area (Å²) in [6.45, 7) is 15.0. The van der Waals surface area contributed by atoms with E-state index in [4.69, 9.17) is 11.6 Å². The van der Waals surface area contributed by atoms with Crippen LogP contribution in [0.3, 0.4) is 0 Å². The van der Waals surface area contributed by atoms with Gasteiger partial charge >= 0.3 is 0 Å². The Labute approximate surface area is 154 Å². The lowest BCUT2D eigenvalue weighted by Gasteiger charge is -2.21. The Bertz CT molecular complexity index is 745. The third-order valence-corrected chi connectivity index (χ3v) is 3.79. The van der Waals surface area contributed by atoms with Gasteiger partial charge in [-0.2, -0.15) is 10.1 Å². The van der Waals surface area contributed by atoms with E-state index < -0.39 is 0 Å². The highest BCUT2D eigenvalue weighted by Gasteiger charge is 2.23. The van der Waals surface area contributed by atoms with Crippen molar-refractivity contribution in [2.75, 3.05) is 17.2 Å². The van der Waals surface area contributed by atoms with Gasteiger partial charge in [-0.15, -0.1) is 13.2 Å². The van der Waals surface area contributed by atoms with Gasteiger partial charge in [0.15, 0.2) is 5.82 Å². The van der Waals surface area contributed by atoms with Gasteiger partial charge in [0.2, 0.25) is 5.95 Å². The van der Waals surface area contributed by atoms with Crippen molar-refractivity contribution in [3.8, 4) is 0 Å². The molecule has 0 spiro atoms. The van der Waals surface area contributed by atoms with Crippen LogP contribution in [0.4, 0.5) is 17.5 Å². The van der Waals surface area contributed by atoms with Crippen molar-refractivity contribution in [2.45, 2.75) is 39.2 Å². The molecule has 0 radical (unpaired) electrons. The van der Waals surface area contributed by atoms with Crippen LogP contribution in [0.5, 0.6) is 0 Å². The highest BCUT2D eigenvalue weighted by molar-refractivity contribution is 6.33. The summed E-state index contributed by atoms with van der Waals surface area (Å²) >= 11 is 6.49. The zero-order chi connectivity index (χ0) is 18.4. The minimum atomic E-state index is -0.213. The number of aromatic nitrogens is 4. The van der Waals surface area contributed by atoms with Gasteiger partial charge in [0.05, 0.1) is 17.6 Å². The second kappa shape index (κ2) is 8.16. The van der Waals surface area contributed by atoms with Crippen molar-refractivity contribution < 1.29 is 0 Å². The number of allylic oxidation sites excluding steroid dienone is 1. The molecule has 2 aromatic heterocycles. The molecule has 134 valence electrons. The number of nitrogens with one attached hydrogen (secondary N) is 2. The molecule has 0 atom stereocenters. The van der Waals surface area contributed by atoms with Gasteiger partial charge in [0.1, 0.15) is 5.02 Å². The van der Waals surface area contributed by atoms with E-state index in [0.29, 0.717) is 23.3 Å². The van der Waals surface area contributed by atoms with Gasteiger partial charge in [-0.3, -0.25) is 4.68 Å². The van der Waals surface area contributed by atoms with E-state index in [2.05, 4.69) is 59.6 Å². The maximum absolute atomic E-state index is 6.49. The molecular weight excluding hydrogens is 336 g/mol. The molecule has 2 N–H and O–H groups in total. The van der Waals surface area contributed by atoms with Crippen LogP contribution in [0.2, 0.25) is 5.02 Å². The number of hydrogen-bond acceptors (Lipinski definition) is 5. The predicted octanol–water partition coefficient (Wildman–Crippen LogP) is 4.54. The molecule has 0 aliphatic rings. The summed E-state index contributed by atoms with van der Waals surface area (Å²) in [5, 5.41) is 11.2. The Morgan fingerprint density at radius 2 is 2.00 bits per heavy atom. The van der Waals surface area contributed by atoms with Gasteiger partial charge in [-0.1, -0.05) is 44.5 Å².